The van der Waals surface area contributed by atoms with Crippen LogP contribution >= 0.6 is 22.6 Å². The van der Waals surface area contributed by atoms with Gasteiger partial charge in [-0.1, -0.05) is 0 Å². The first-order valence-electron chi connectivity index (χ1n) is 5.36. The van der Waals surface area contributed by atoms with Gasteiger partial charge < -0.3 is 19.9 Å². The van der Waals surface area contributed by atoms with E-state index in [9.17, 15) is 9.59 Å². The molecule has 1 aromatic rings. The first-order chi connectivity index (χ1) is 9.08. The summed E-state index contributed by atoms with van der Waals surface area (Å²) in [5.74, 6) is -1.62. The van der Waals surface area contributed by atoms with Crippen LogP contribution in [0.25, 0.3) is 0 Å². The molecule has 0 aliphatic carbocycles. The number of hydrogen-bond acceptors (Lipinski definition) is 4. The summed E-state index contributed by atoms with van der Waals surface area (Å²) in [4.78, 5) is 23.0. The van der Waals surface area contributed by atoms with E-state index in [1.807, 2.05) is 22.6 Å². The summed E-state index contributed by atoms with van der Waals surface area (Å²) < 4.78 is 10.9. The molecule has 1 aromatic carbocycles. The second-order valence-electron chi connectivity index (χ2n) is 3.65. The predicted molar refractivity (Wildman–Crippen MR) is 74.7 cm³/mol. The molecule has 0 spiro atoms. The van der Waals surface area contributed by atoms with Crippen LogP contribution in [0.5, 0.6) is 0 Å². The van der Waals surface area contributed by atoms with E-state index in [1.165, 1.54) is 18.4 Å². The number of carbonyl (C=O) groups excluding carboxylic acids is 1. The number of halogens is 1. The highest BCUT2D eigenvalue weighted by Gasteiger charge is 2.18. The standard InChI is InChI=1S/C12H10INO5/c13-7-1-2-9(8(5-7)12(16)17)14-11(15)10-6-18-3-4-19-10/h1-2,5-6H,3-4H2,(H,14,15)(H,16,17). The second kappa shape index (κ2) is 5.91. The molecule has 1 amide bonds. The molecule has 0 radical (unpaired) electrons. The Morgan fingerprint density at radius 2 is 2.11 bits per heavy atom. The van der Waals surface area contributed by atoms with Crippen molar-refractivity contribution < 1.29 is 24.2 Å². The number of carbonyl (C=O) groups is 2. The lowest BCUT2D eigenvalue weighted by Gasteiger charge is -2.15. The van der Waals surface area contributed by atoms with Gasteiger partial charge >= 0.3 is 5.97 Å². The Hall–Kier alpha value is -1.77. The van der Waals surface area contributed by atoms with Crippen LogP contribution in [0.1, 0.15) is 10.4 Å². The quantitative estimate of drug-likeness (QED) is 0.788. The molecule has 0 aromatic heterocycles. The third kappa shape index (κ3) is 3.37. The molecule has 0 fully saturated rings. The highest BCUT2D eigenvalue weighted by Crippen LogP contribution is 2.20. The largest absolute Gasteiger partial charge is 0.494 e. The molecule has 2 N–H and O–H groups in total. The van der Waals surface area contributed by atoms with Crippen LogP contribution in [0.4, 0.5) is 5.69 Å². The molecule has 1 heterocycles. The molecular weight excluding hydrogens is 365 g/mol. The predicted octanol–water partition coefficient (Wildman–Crippen LogP) is 1.82. The summed E-state index contributed by atoms with van der Waals surface area (Å²) in [6.07, 6.45) is 1.21. The smallest absolute Gasteiger partial charge is 0.337 e. The van der Waals surface area contributed by atoms with Crippen molar-refractivity contribution in [2.45, 2.75) is 0 Å². The van der Waals surface area contributed by atoms with E-state index in [1.54, 1.807) is 6.07 Å². The number of nitrogens with one attached hydrogen (secondary N) is 1. The topological polar surface area (TPSA) is 84.9 Å². The number of amides is 1. The number of ether oxygens (including phenoxy) is 2. The van der Waals surface area contributed by atoms with Crippen molar-refractivity contribution in [2.24, 2.45) is 0 Å². The Morgan fingerprint density at radius 3 is 2.74 bits per heavy atom. The molecule has 0 bridgehead atoms. The average Bonchev–Trinajstić information content (AvgIpc) is 2.41. The molecule has 0 unspecified atom stereocenters. The van der Waals surface area contributed by atoms with E-state index >= 15 is 0 Å². The zero-order chi connectivity index (χ0) is 13.8. The Labute approximate surface area is 122 Å². The maximum absolute atomic E-state index is 11.8. The molecule has 100 valence electrons. The Kier molecular flexibility index (Phi) is 4.25. The second-order valence-corrected chi connectivity index (χ2v) is 4.90. The molecule has 0 atom stereocenters. The van der Waals surface area contributed by atoms with Gasteiger partial charge in [0, 0.05) is 3.57 Å². The summed E-state index contributed by atoms with van der Waals surface area (Å²) in [6.45, 7) is 0.679. The van der Waals surface area contributed by atoms with Crippen LogP contribution < -0.4 is 5.32 Å². The molecular formula is C12H10INO5. The number of carboxylic acid groups (broad SMARTS) is 1. The lowest BCUT2D eigenvalue weighted by atomic mass is 10.2. The van der Waals surface area contributed by atoms with Crippen LogP contribution in [0.15, 0.2) is 30.2 Å². The van der Waals surface area contributed by atoms with Crippen molar-refractivity contribution in [3.8, 4) is 0 Å². The molecule has 1 aliphatic heterocycles. The van der Waals surface area contributed by atoms with Crippen molar-refractivity contribution >= 4 is 40.2 Å². The van der Waals surface area contributed by atoms with Gasteiger partial charge in [0.1, 0.15) is 19.5 Å². The summed E-state index contributed by atoms with van der Waals surface area (Å²) in [5.41, 5.74) is 0.241. The van der Waals surface area contributed by atoms with Gasteiger partial charge in [0.05, 0.1) is 11.3 Å². The third-order valence-corrected chi connectivity index (χ3v) is 3.00. The van der Waals surface area contributed by atoms with E-state index in [0.717, 1.165) is 3.57 Å². The first-order valence-corrected chi connectivity index (χ1v) is 6.44. The summed E-state index contributed by atoms with van der Waals surface area (Å²) >= 11 is 2.00. The number of rotatable bonds is 3. The first kappa shape index (κ1) is 13.7. The fourth-order valence-corrected chi connectivity index (χ4v) is 1.96. The van der Waals surface area contributed by atoms with Crippen molar-refractivity contribution in [1.29, 1.82) is 0 Å². The van der Waals surface area contributed by atoms with Crippen molar-refractivity contribution in [2.75, 3.05) is 18.5 Å². The molecule has 0 saturated carbocycles. The monoisotopic (exact) mass is 375 g/mol. The van der Waals surface area contributed by atoms with E-state index < -0.39 is 11.9 Å². The van der Waals surface area contributed by atoms with Crippen LogP contribution in [0.3, 0.4) is 0 Å². The summed E-state index contributed by atoms with van der Waals surface area (Å²) in [6, 6.07) is 4.72. The van der Waals surface area contributed by atoms with Gasteiger partial charge in [-0.15, -0.1) is 0 Å². The van der Waals surface area contributed by atoms with Crippen LogP contribution in [-0.4, -0.2) is 30.2 Å². The molecule has 1 aliphatic rings. The maximum Gasteiger partial charge on any atom is 0.337 e. The van der Waals surface area contributed by atoms with Crippen LogP contribution in [0.2, 0.25) is 0 Å². The highest BCUT2D eigenvalue weighted by molar-refractivity contribution is 14.1. The number of aromatic carboxylic acids is 1. The van der Waals surface area contributed by atoms with Gasteiger partial charge in [-0.05, 0) is 40.8 Å². The van der Waals surface area contributed by atoms with Gasteiger partial charge in [-0.2, -0.15) is 0 Å². The molecule has 6 nitrogen and oxygen atoms in total. The zero-order valence-corrected chi connectivity index (χ0v) is 11.8. The highest BCUT2D eigenvalue weighted by atomic mass is 127. The van der Waals surface area contributed by atoms with E-state index in [-0.39, 0.29) is 23.6 Å². The minimum Gasteiger partial charge on any atom is -0.494 e. The fraction of sp³-hybridized carbons (Fsp3) is 0.167. The third-order valence-electron chi connectivity index (χ3n) is 2.33. The summed E-state index contributed by atoms with van der Waals surface area (Å²) in [5, 5.41) is 11.6. The van der Waals surface area contributed by atoms with E-state index in [2.05, 4.69) is 5.32 Å². The SMILES string of the molecule is O=C(Nc1ccc(I)cc1C(=O)O)C1=COCCO1. The van der Waals surface area contributed by atoms with Crippen LogP contribution in [-0.2, 0) is 14.3 Å². The number of anilines is 1. The Balaban J connectivity index is 2.21. The molecule has 2 rings (SSSR count). The van der Waals surface area contributed by atoms with Crippen LogP contribution in [0, 0.1) is 3.57 Å². The van der Waals surface area contributed by atoms with Crippen molar-refractivity contribution in [3.05, 3.63) is 39.4 Å². The lowest BCUT2D eigenvalue weighted by molar-refractivity contribution is -0.117. The lowest BCUT2D eigenvalue weighted by Crippen LogP contribution is -2.22. The molecule has 19 heavy (non-hydrogen) atoms. The van der Waals surface area contributed by atoms with E-state index in [0.29, 0.717) is 6.61 Å². The number of carboxylic acids is 1. The molecule has 7 heteroatoms. The average molecular weight is 375 g/mol. The Bertz CT molecular complexity index is 555. The van der Waals surface area contributed by atoms with Crippen molar-refractivity contribution in [3.63, 3.8) is 0 Å². The van der Waals surface area contributed by atoms with Gasteiger partial charge in [-0.3, -0.25) is 4.79 Å². The minimum atomic E-state index is -1.11. The van der Waals surface area contributed by atoms with E-state index in [4.69, 9.17) is 14.6 Å². The Morgan fingerprint density at radius 1 is 1.32 bits per heavy atom. The van der Waals surface area contributed by atoms with Gasteiger partial charge in [0.15, 0.2) is 0 Å². The summed E-state index contributed by atoms with van der Waals surface area (Å²) in [7, 11) is 0. The van der Waals surface area contributed by atoms with Crippen molar-refractivity contribution in [1.82, 2.24) is 0 Å². The van der Waals surface area contributed by atoms with Gasteiger partial charge in [0.25, 0.3) is 5.91 Å². The fourth-order valence-electron chi connectivity index (χ4n) is 1.47. The van der Waals surface area contributed by atoms with Gasteiger partial charge in [-0.25, -0.2) is 4.79 Å². The van der Waals surface area contributed by atoms with Gasteiger partial charge in [0.2, 0.25) is 5.76 Å². The molecule has 0 saturated heterocycles. The zero-order valence-electron chi connectivity index (χ0n) is 9.68. The maximum atomic E-state index is 11.8. The number of benzene rings is 1. The normalized spacial score (nSPS) is 13.8. The number of hydrogen-bond donors (Lipinski definition) is 2. The minimum absolute atomic E-state index is 0.0255.